The highest BCUT2D eigenvalue weighted by Gasteiger charge is 2.20. The van der Waals surface area contributed by atoms with Crippen LogP contribution in [0.25, 0.3) is 69.6 Å². The minimum atomic E-state index is 1.12. The number of nitrogens with zero attached hydrogens (tertiary/aromatic N) is 2. The van der Waals surface area contributed by atoms with Crippen molar-refractivity contribution >= 4 is 81.1 Å². The van der Waals surface area contributed by atoms with Crippen molar-refractivity contribution in [3.63, 3.8) is 0 Å². The molecule has 0 aliphatic rings. The molecule has 49 heavy (non-hydrogen) atoms. The van der Waals surface area contributed by atoms with E-state index in [0.717, 1.165) is 22.7 Å². The Kier molecular flexibility index (Phi) is 6.39. The van der Waals surface area contributed by atoms with Gasteiger partial charge in [-0.3, -0.25) is 0 Å². The number of hydrogen-bond donors (Lipinski definition) is 0. The van der Waals surface area contributed by atoms with Gasteiger partial charge in [0.2, 0.25) is 0 Å². The molecular formula is C46H30N2S. The van der Waals surface area contributed by atoms with E-state index >= 15 is 0 Å². The van der Waals surface area contributed by atoms with E-state index in [4.69, 9.17) is 0 Å². The number of para-hydroxylation sites is 3. The van der Waals surface area contributed by atoms with Gasteiger partial charge in [0.1, 0.15) is 0 Å². The molecule has 2 heterocycles. The molecule has 0 bridgehead atoms. The van der Waals surface area contributed by atoms with Gasteiger partial charge in [0.05, 0.1) is 16.7 Å². The largest absolute Gasteiger partial charge is 0.310 e. The number of thiophene rings is 1. The zero-order chi connectivity index (χ0) is 32.3. The van der Waals surface area contributed by atoms with E-state index in [-0.39, 0.29) is 0 Å². The molecule has 10 aromatic rings. The molecule has 0 saturated carbocycles. The van der Waals surface area contributed by atoms with E-state index in [0.29, 0.717) is 0 Å². The Balaban J connectivity index is 1.23. The van der Waals surface area contributed by atoms with Crippen LogP contribution in [0.3, 0.4) is 0 Å². The first kappa shape index (κ1) is 27.9. The van der Waals surface area contributed by atoms with E-state index in [9.17, 15) is 0 Å². The second-order valence-electron chi connectivity index (χ2n) is 12.6. The van der Waals surface area contributed by atoms with Gasteiger partial charge in [0.15, 0.2) is 0 Å². The monoisotopic (exact) mass is 642 g/mol. The average Bonchev–Trinajstić information content (AvgIpc) is 3.70. The molecule has 0 aliphatic carbocycles. The molecule has 0 N–H and O–H groups in total. The van der Waals surface area contributed by atoms with Crippen LogP contribution in [0, 0.1) is 0 Å². The summed E-state index contributed by atoms with van der Waals surface area (Å²) in [4.78, 5) is 2.44. The van der Waals surface area contributed by atoms with Crippen molar-refractivity contribution in [2.45, 2.75) is 0 Å². The number of benzene rings is 8. The summed E-state index contributed by atoms with van der Waals surface area (Å²) in [6, 6.07) is 66.2. The fourth-order valence-corrected chi connectivity index (χ4v) is 8.64. The predicted octanol–water partition coefficient (Wildman–Crippen LogP) is 13.4. The molecule has 2 nitrogen and oxygen atoms in total. The summed E-state index contributed by atoms with van der Waals surface area (Å²) < 4.78 is 5.03. The van der Waals surface area contributed by atoms with Crippen molar-refractivity contribution < 1.29 is 0 Å². The van der Waals surface area contributed by atoms with Gasteiger partial charge in [0, 0.05) is 53.6 Å². The first-order valence-electron chi connectivity index (χ1n) is 16.7. The molecule has 0 fully saturated rings. The molecule has 0 unspecified atom stereocenters. The molecule has 0 radical (unpaired) electrons. The third-order valence-electron chi connectivity index (χ3n) is 9.74. The van der Waals surface area contributed by atoms with Gasteiger partial charge in [-0.15, -0.1) is 11.3 Å². The van der Waals surface area contributed by atoms with Gasteiger partial charge in [-0.1, -0.05) is 109 Å². The Hall–Kier alpha value is -6.16. The van der Waals surface area contributed by atoms with Crippen molar-refractivity contribution in [3.8, 4) is 16.8 Å². The Labute approximate surface area is 288 Å². The van der Waals surface area contributed by atoms with Crippen LogP contribution in [0.1, 0.15) is 0 Å². The minimum absolute atomic E-state index is 1.12. The van der Waals surface area contributed by atoms with Gasteiger partial charge in [-0.05, 0) is 89.1 Å². The maximum atomic E-state index is 2.44. The third kappa shape index (κ3) is 4.55. The van der Waals surface area contributed by atoms with Crippen LogP contribution >= 0.6 is 11.3 Å². The Bertz CT molecular complexity index is 2830. The van der Waals surface area contributed by atoms with Gasteiger partial charge >= 0.3 is 0 Å². The van der Waals surface area contributed by atoms with Crippen molar-refractivity contribution in [1.82, 2.24) is 4.57 Å². The van der Waals surface area contributed by atoms with Gasteiger partial charge in [0.25, 0.3) is 0 Å². The molecule has 0 aliphatic heterocycles. The smallest absolute Gasteiger partial charge is 0.0542 e. The van der Waals surface area contributed by atoms with Crippen LogP contribution in [0.15, 0.2) is 182 Å². The average molecular weight is 643 g/mol. The maximum Gasteiger partial charge on any atom is 0.0542 e. The maximum absolute atomic E-state index is 2.44. The number of hydrogen-bond acceptors (Lipinski definition) is 2. The second-order valence-corrected chi connectivity index (χ2v) is 13.7. The van der Waals surface area contributed by atoms with Gasteiger partial charge in [-0.25, -0.2) is 0 Å². The zero-order valence-corrected chi connectivity index (χ0v) is 27.4. The lowest BCUT2D eigenvalue weighted by Crippen LogP contribution is -2.11. The quantitative estimate of drug-likeness (QED) is 0.181. The summed E-state index contributed by atoms with van der Waals surface area (Å²) in [7, 11) is 0. The van der Waals surface area contributed by atoms with E-state index < -0.39 is 0 Å². The summed E-state index contributed by atoms with van der Waals surface area (Å²) in [5.74, 6) is 0. The zero-order valence-electron chi connectivity index (χ0n) is 26.6. The molecule has 0 spiro atoms. The second kappa shape index (κ2) is 11.2. The van der Waals surface area contributed by atoms with Crippen molar-refractivity contribution in [2.24, 2.45) is 0 Å². The third-order valence-corrected chi connectivity index (χ3v) is 10.9. The molecule has 3 heteroatoms. The lowest BCUT2D eigenvalue weighted by molar-refractivity contribution is 1.18. The first-order valence-corrected chi connectivity index (χ1v) is 17.5. The molecule has 0 atom stereocenters. The van der Waals surface area contributed by atoms with E-state index in [1.807, 2.05) is 11.3 Å². The lowest BCUT2D eigenvalue weighted by atomic mass is 10.0. The molecule has 8 aromatic carbocycles. The van der Waals surface area contributed by atoms with E-state index in [2.05, 4.69) is 191 Å². The SMILES string of the molecule is c1ccc(-c2ccccc2N(c2ccc3cc4sc5ccccc5c4cc3c2)c2ccc3c(c2)c2ccccc2n3-c2ccccc2)cc1. The number of anilines is 3. The topological polar surface area (TPSA) is 8.17 Å². The fourth-order valence-electron chi connectivity index (χ4n) is 7.51. The Morgan fingerprint density at radius 1 is 0.408 bits per heavy atom. The van der Waals surface area contributed by atoms with Crippen LogP contribution in [0.5, 0.6) is 0 Å². The van der Waals surface area contributed by atoms with E-state index in [1.54, 1.807) is 0 Å². The summed E-state index contributed by atoms with van der Waals surface area (Å²) in [5, 5.41) is 7.59. The molecule has 0 saturated heterocycles. The summed E-state index contributed by atoms with van der Waals surface area (Å²) in [5.41, 5.74) is 9.32. The molecule has 230 valence electrons. The normalized spacial score (nSPS) is 11.7. The van der Waals surface area contributed by atoms with Crippen LogP contribution in [0.4, 0.5) is 17.1 Å². The Morgan fingerprint density at radius 2 is 1.08 bits per heavy atom. The van der Waals surface area contributed by atoms with Crippen LogP contribution in [-0.2, 0) is 0 Å². The number of aromatic nitrogens is 1. The Morgan fingerprint density at radius 3 is 1.96 bits per heavy atom. The van der Waals surface area contributed by atoms with Crippen LogP contribution in [-0.4, -0.2) is 4.57 Å². The van der Waals surface area contributed by atoms with Crippen LogP contribution < -0.4 is 4.90 Å². The first-order chi connectivity index (χ1) is 24.3. The summed E-state index contributed by atoms with van der Waals surface area (Å²) in [6.07, 6.45) is 0. The minimum Gasteiger partial charge on any atom is -0.310 e. The summed E-state index contributed by atoms with van der Waals surface area (Å²) in [6.45, 7) is 0. The van der Waals surface area contributed by atoms with Crippen molar-refractivity contribution in [1.29, 1.82) is 0 Å². The van der Waals surface area contributed by atoms with Gasteiger partial charge < -0.3 is 9.47 Å². The predicted molar refractivity (Wildman–Crippen MR) is 211 cm³/mol. The molecule has 0 amide bonds. The molecule has 10 rings (SSSR count). The standard InChI is InChI=1S/C46H30N2S/c1-3-13-31(14-4-1)37-17-7-10-20-42(37)47(35-24-23-32-29-46-41(28-33(32)27-35)39-19-9-12-22-45(39)49-46)36-25-26-44-40(30-36)38-18-8-11-21-43(38)48(44)34-15-5-2-6-16-34/h1-30H. The number of rotatable bonds is 5. The van der Waals surface area contributed by atoms with Crippen LogP contribution in [0.2, 0.25) is 0 Å². The van der Waals surface area contributed by atoms with Gasteiger partial charge in [-0.2, -0.15) is 0 Å². The highest BCUT2D eigenvalue weighted by Crippen LogP contribution is 2.44. The number of fused-ring (bicyclic) bond motifs is 7. The lowest BCUT2D eigenvalue weighted by Gasteiger charge is -2.28. The summed E-state index contributed by atoms with van der Waals surface area (Å²) >= 11 is 1.87. The molecular weight excluding hydrogens is 613 g/mol. The van der Waals surface area contributed by atoms with Crippen molar-refractivity contribution in [3.05, 3.63) is 182 Å². The van der Waals surface area contributed by atoms with Crippen molar-refractivity contribution in [2.75, 3.05) is 4.90 Å². The fraction of sp³-hybridized carbons (Fsp3) is 0. The van der Waals surface area contributed by atoms with E-state index in [1.165, 1.54) is 63.9 Å². The highest BCUT2D eigenvalue weighted by atomic mass is 32.1. The highest BCUT2D eigenvalue weighted by molar-refractivity contribution is 7.25. The molecule has 2 aromatic heterocycles.